The molecule has 16 nitrogen and oxygen atoms in total. The highest BCUT2D eigenvalue weighted by Crippen LogP contribution is 2.21. The summed E-state index contributed by atoms with van der Waals surface area (Å²) < 4.78 is 51.4. The molecule has 0 aliphatic carbocycles. The largest absolute Gasteiger partial charge is 0.491 e. The van der Waals surface area contributed by atoms with Crippen LogP contribution in [0.1, 0.15) is 28.8 Å². The fourth-order valence-electron chi connectivity index (χ4n) is 3.52. The van der Waals surface area contributed by atoms with E-state index < -0.39 is 79.6 Å². The summed E-state index contributed by atoms with van der Waals surface area (Å²) in [5.74, 6) is -11.2. The second kappa shape index (κ2) is 15.7. The quantitative estimate of drug-likeness (QED) is 0.0584. The van der Waals surface area contributed by atoms with Crippen molar-refractivity contribution in [1.82, 2.24) is 5.32 Å². The number of alkyl halides is 3. The molecule has 0 radical (unpaired) electrons. The predicted octanol–water partition coefficient (Wildman–Crippen LogP) is 0.931. The average Bonchev–Trinajstić information content (AvgIpc) is 2.94. The van der Waals surface area contributed by atoms with Crippen LogP contribution in [0.4, 0.5) is 23.7 Å². The first kappa shape index (κ1) is 35.5. The molecule has 242 valence electrons. The van der Waals surface area contributed by atoms with Crippen LogP contribution in [0, 0.1) is 5.92 Å². The first-order chi connectivity index (χ1) is 21.0. The van der Waals surface area contributed by atoms with Crippen LogP contribution in [0.3, 0.4) is 0 Å². The lowest BCUT2D eigenvalue weighted by atomic mass is 9.89. The Labute approximate surface area is 250 Å². The molecule has 2 rings (SSSR count). The van der Waals surface area contributed by atoms with Crippen molar-refractivity contribution in [2.24, 2.45) is 28.1 Å². The fraction of sp³-hybridized carbons (Fsp3) is 0.269. The Morgan fingerprint density at radius 2 is 1.47 bits per heavy atom. The molecule has 2 aromatic rings. The lowest BCUT2D eigenvalue weighted by Crippen LogP contribution is -2.55. The number of esters is 3. The number of ether oxygens (including phenoxy) is 3. The number of alkyl carbamates (subject to hydrolysis) is 1. The molecule has 0 fully saturated rings. The normalized spacial score (nSPS) is 12.9. The number of hydrogen-bond donors (Lipinski definition) is 6. The number of hydrogen-bond acceptors (Lipinski definition) is 11. The number of benzene rings is 2. The van der Waals surface area contributed by atoms with Gasteiger partial charge in [0.2, 0.25) is 0 Å². The van der Waals surface area contributed by atoms with Gasteiger partial charge in [-0.05, 0) is 42.0 Å². The third kappa shape index (κ3) is 11.8. The van der Waals surface area contributed by atoms with E-state index >= 15 is 0 Å². The number of halogens is 3. The Morgan fingerprint density at radius 1 is 0.889 bits per heavy atom. The van der Waals surface area contributed by atoms with Crippen molar-refractivity contribution in [3.8, 4) is 5.75 Å². The van der Waals surface area contributed by atoms with Gasteiger partial charge in [-0.25, -0.2) is 19.4 Å². The zero-order valence-electron chi connectivity index (χ0n) is 22.9. The molecule has 1 amide bonds. The third-order valence-corrected chi connectivity index (χ3v) is 5.61. The number of amides is 1. The Balaban J connectivity index is 2.03. The number of rotatable bonds is 13. The van der Waals surface area contributed by atoms with E-state index in [-0.39, 0.29) is 17.3 Å². The summed E-state index contributed by atoms with van der Waals surface area (Å²) in [7, 11) is 0. The molecule has 2 unspecified atom stereocenters. The number of nitrogens with zero attached hydrogens (tertiary/aromatic N) is 1. The SMILES string of the molecule is NC(N)=Nc1ccc(C(=O)Oc2ccc(COC(=O)NC(CC(=O)O)C(N)[C@H](CC(=O)O)C(=O)OC(=O)C(F)(F)F)cc2)cc1. The first-order valence-corrected chi connectivity index (χ1v) is 12.4. The maximum atomic E-state index is 12.5. The number of carboxylic acid groups (broad SMARTS) is 2. The Kier molecular flexibility index (Phi) is 12.3. The molecule has 0 bridgehead atoms. The highest BCUT2D eigenvalue weighted by atomic mass is 19.4. The lowest BCUT2D eigenvalue weighted by Gasteiger charge is -2.28. The number of carbonyl (C=O) groups excluding carboxylic acids is 4. The molecule has 9 N–H and O–H groups in total. The van der Waals surface area contributed by atoms with E-state index in [4.69, 9.17) is 31.8 Å². The van der Waals surface area contributed by atoms with Gasteiger partial charge in [-0.2, -0.15) is 13.2 Å². The third-order valence-electron chi connectivity index (χ3n) is 5.61. The molecule has 0 spiro atoms. The molecule has 3 atom stereocenters. The van der Waals surface area contributed by atoms with Gasteiger partial charge in [-0.1, -0.05) is 12.1 Å². The molecule has 0 aromatic heterocycles. The lowest BCUT2D eigenvalue weighted by molar-refractivity contribution is -0.203. The van der Waals surface area contributed by atoms with Gasteiger partial charge in [0.05, 0.1) is 36.1 Å². The van der Waals surface area contributed by atoms with Gasteiger partial charge in [0.25, 0.3) is 0 Å². The number of carboxylic acids is 2. The van der Waals surface area contributed by atoms with Crippen molar-refractivity contribution in [2.45, 2.75) is 37.7 Å². The van der Waals surface area contributed by atoms with E-state index in [9.17, 15) is 47.0 Å². The van der Waals surface area contributed by atoms with Gasteiger partial charge < -0.3 is 46.9 Å². The molecule has 45 heavy (non-hydrogen) atoms. The van der Waals surface area contributed by atoms with E-state index in [1.165, 1.54) is 48.5 Å². The molecular formula is C26H26F3N5O11. The molecule has 2 aromatic carbocycles. The van der Waals surface area contributed by atoms with Crippen LogP contribution in [-0.2, 0) is 35.3 Å². The second-order valence-electron chi connectivity index (χ2n) is 9.03. The topological polar surface area (TPSA) is 273 Å². The summed E-state index contributed by atoms with van der Waals surface area (Å²) in [6.45, 7) is -0.429. The van der Waals surface area contributed by atoms with Crippen LogP contribution in [0.2, 0.25) is 0 Å². The highest BCUT2D eigenvalue weighted by Gasteiger charge is 2.45. The van der Waals surface area contributed by atoms with Crippen LogP contribution >= 0.6 is 0 Å². The second-order valence-corrected chi connectivity index (χ2v) is 9.03. The average molecular weight is 642 g/mol. The number of guanidine groups is 1. The van der Waals surface area contributed by atoms with Gasteiger partial charge in [0, 0.05) is 6.04 Å². The Hall–Kier alpha value is -5.72. The van der Waals surface area contributed by atoms with Crippen molar-refractivity contribution in [3.63, 3.8) is 0 Å². The van der Waals surface area contributed by atoms with Gasteiger partial charge >= 0.3 is 42.1 Å². The molecule has 0 aliphatic rings. The van der Waals surface area contributed by atoms with Crippen molar-refractivity contribution in [3.05, 3.63) is 59.7 Å². The molecule has 0 aliphatic heterocycles. The smallest absolute Gasteiger partial charge is 0.481 e. The molecule has 0 saturated heterocycles. The predicted molar refractivity (Wildman–Crippen MR) is 144 cm³/mol. The first-order valence-electron chi connectivity index (χ1n) is 12.4. The van der Waals surface area contributed by atoms with Gasteiger partial charge in [-0.3, -0.25) is 14.4 Å². The standard InChI is InChI=1S/C26H26F3N5O11/c27-26(28,29)23(41)45-22(40)16(9-18(35)36)20(30)17(10-19(37)38)34-25(42)43-11-12-1-7-15(8-2-12)44-21(39)13-3-5-14(6-4-13)33-24(31)32/h1-8,16-17,20H,9-11,30H2,(H,34,42)(H,35,36)(H,37,38)(H4,31,32,33)/t16-,17?,20?/m0/s1. The van der Waals surface area contributed by atoms with E-state index in [1.54, 1.807) is 0 Å². The fourth-order valence-corrected chi connectivity index (χ4v) is 3.52. The van der Waals surface area contributed by atoms with Crippen LogP contribution < -0.4 is 27.3 Å². The summed E-state index contributed by atoms with van der Waals surface area (Å²) in [4.78, 5) is 74.3. The monoisotopic (exact) mass is 641 g/mol. The van der Waals surface area contributed by atoms with Crippen LogP contribution in [-0.4, -0.2) is 70.4 Å². The minimum absolute atomic E-state index is 0.120. The minimum atomic E-state index is -5.60. The molecule has 0 saturated carbocycles. The highest BCUT2D eigenvalue weighted by molar-refractivity contribution is 5.92. The number of aliphatic carboxylic acids is 2. The maximum absolute atomic E-state index is 12.5. The van der Waals surface area contributed by atoms with Crippen molar-refractivity contribution >= 4 is 47.6 Å². The van der Waals surface area contributed by atoms with Gasteiger partial charge in [0.15, 0.2) is 5.96 Å². The number of aliphatic imine (C=N–C) groups is 1. The van der Waals surface area contributed by atoms with Crippen LogP contribution in [0.5, 0.6) is 5.75 Å². The van der Waals surface area contributed by atoms with E-state index in [0.717, 1.165) is 0 Å². The number of nitrogens with two attached hydrogens (primary N) is 3. The summed E-state index contributed by atoms with van der Waals surface area (Å²) in [6, 6.07) is 7.70. The zero-order chi connectivity index (χ0) is 33.9. The van der Waals surface area contributed by atoms with Crippen molar-refractivity contribution in [1.29, 1.82) is 0 Å². The summed E-state index contributed by atoms with van der Waals surface area (Å²) in [6.07, 6.45) is -9.19. The van der Waals surface area contributed by atoms with E-state index in [0.29, 0.717) is 11.3 Å². The minimum Gasteiger partial charge on any atom is -0.481 e. The maximum Gasteiger partial charge on any atom is 0.491 e. The van der Waals surface area contributed by atoms with Crippen molar-refractivity contribution < 1.29 is 66.4 Å². The number of carbonyl (C=O) groups is 6. The summed E-state index contributed by atoms with van der Waals surface area (Å²) in [5, 5.41) is 20.2. The number of nitrogens with one attached hydrogen (secondary N) is 1. The van der Waals surface area contributed by atoms with Crippen molar-refractivity contribution in [2.75, 3.05) is 0 Å². The summed E-state index contributed by atoms with van der Waals surface area (Å²) >= 11 is 0. The van der Waals surface area contributed by atoms with E-state index in [2.05, 4.69) is 9.73 Å². The summed E-state index contributed by atoms with van der Waals surface area (Å²) in [5.41, 5.74) is 17.3. The van der Waals surface area contributed by atoms with Crippen LogP contribution in [0.25, 0.3) is 0 Å². The Morgan fingerprint density at radius 3 is 1.98 bits per heavy atom. The molecule has 0 heterocycles. The Bertz CT molecular complexity index is 1440. The van der Waals surface area contributed by atoms with Crippen LogP contribution in [0.15, 0.2) is 53.5 Å². The van der Waals surface area contributed by atoms with Gasteiger partial charge in [-0.15, -0.1) is 0 Å². The zero-order valence-corrected chi connectivity index (χ0v) is 22.9. The van der Waals surface area contributed by atoms with Gasteiger partial charge in [0.1, 0.15) is 12.4 Å². The molecular weight excluding hydrogens is 615 g/mol. The van der Waals surface area contributed by atoms with E-state index in [1.807, 2.05) is 5.32 Å². The molecule has 19 heteroatoms.